The molecule has 0 heterocycles. The van der Waals surface area contributed by atoms with Gasteiger partial charge in [-0.15, -0.1) is 6.58 Å². The summed E-state index contributed by atoms with van der Waals surface area (Å²) in [5.41, 5.74) is 0.645. The van der Waals surface area contributed by atoms with E-state index in [1.54, 1.807) is 6.08 Å². The number of hydrogen-bond acceptors (Lipinski definition) is 1. The smallest absolute Gasteiger partial charge is 0.0797 e. The molecule has 0 aliphatic heterocycles. The normalized spacial score (nSPS) is 35.0. The fourth-order valence-corrected chi connectivity index (χ4v) is 4.53. The van der Waals surface area contributed by atoms with Gasteiger partial charge in [0.1, 0.15) is 0 Å². The molecule has 1 aliphatic carbocycles. The van der Waals surface area contributed by atoms with E-state index in [1.165, 1.54) is 5.57 Å². The molecule has 0 saturated heterocycles. The van der Waals surface area contributed by atoms with Crippen LogP contribution in [0.1, 0.15) is 40.0 Å². The van der Waals surface area contributed by atoms with Gasteiger partial charge < -0.3 is 5.11 Å². The van der Waals surface area contributed by atoms with Crippen molar-refractivity contribution in [3.8, 4) is 0 Å². The van der Waals surface area contributed by atoms with Crippen LogP contribution in [0, 0.1) is 11.3 Å². The molecule has 0 radical (unpaired) electrons. The fraction of sp³-hybridized carbons (Fsp3) is 0.733. The zero-order chi connectivity index (χ0) is 14.1. The maximum Gasteiger partial charge on any atom is 0.0797 e. The summed E-state index contributed by atoms with van der Waals surface area (Å²) in [5.74, 6) is 0.409. The number of aliphatic hydroxyl groups is 1. The van der Waals surface area contributed by atoms with Gasteiger partial charge in [-0.25, -0.2) is 0 Å². The Balaban J connectivity index is 2.82. The molecular formula is C15H24Br2O. The first-order valence-corrected chi connectivity index (χ1v) is 8.27. The van der Waals surface area contributed by atoms with Gasteiger partial charge in [-0.3, -0.25) is 0 Å². The van der Waals surface area contributed by atoms with Gasteiger partial charge in [0.2, 0.25) is 0 Å². The first-order chi connectivity index (χ1) is 8.12. The number of halogens is 2. The molecule has 1 saturated carbocycles. The van der Waals surface area contributed by atoms with Crippen LogP contribution in [0.5, 0.6) is 0 Å². The van der Waals surface area contributed by atoms with Gasteiger partial charge >= 0.3 is 0 Å². The maximum absolute atomic E-state index is 10.1. The topological polar surface area (TPSA) is 20.2 Å². The molecular weight excluding hydrogens is 356 g/mol. The molecule has 0 aromatic carbocycles. The molecule has 1 rings (SSSR count). The molecule has 18 heavy (non-hydrogen) atoms. The molecule has 1 fully saturated rings. The second-order valence-corrected chi connectivity index (χ2v) is 8.43. The monoisotopic (exact) mass is 378 g/mol. The molecule has 0 unspecified atom stereocenters. The van der Waals surface area contributed by atoms with Gasteiger partial charge in [0.25, 0.3) is 0 Å². The molecule has 1 nitrogen and oxygen atoms in total. The van der Waals surface area contributed by atoms with Gasteiger partial charge in [-0.2, -0.15) is 0 Å². The Morgan fingerprint density at radius 1 is 1.50 bits per heavy atom. The number of allylic oxidation sites excluding steroid dienone is 1. The zero-order valence-corrected chi connectivity index (χ0v) is 14.7. The van der Waals surface area contributed by atoms with Gasteiger partial charge in [0.15, 0.2) is 0 Å². The minimum Gasteiger partial charge on any atom is -0.386 e. The van der Waals surface area contributed by atoms with Gasteiger partial charge in [0, 0.05) is 9.65 Å². The van der Waals surface area contributed by atoms with E-state index in [-0.39, 0.29) is 5.41 Å². The van der Waals surface area contributed by atoms with Crippen molar-refractivity contribution in [2.24, 2.45) is 11.3 Å². The predicted molar refractivity (Wildman–Crippen MR) is 86.5 cm³/mol. The van der Waals surface area contributed by atoms with Crippen molar-refractivity contribution >= 4 is 31.9 Å². The maximum atomic E-state index is 10.1. The van der Waals surface area contributed by atoms with Crippen molar-refractivity contribution in [1.29, 1.82) is 0 Å². The van der Waals surface area contributed by atoms with Crippen LogP contribution in [-0.2, 0) is 0 Å². The summed E-state index contributed by atoms with van der Waals surface area (Å²) in [6, 6.07) is 0. The van der Waals surface area contributed by atoms with Crippen molar-refractivity contribution in [1.82, 2.24) is 0 Å². The van der Waals surface area contributed by atoms with Crippen molar-refractivity contribution in [3.05, 3.63) is 24.8 Å². The Kier molecular flexibility index (Phi) is 5.30. The second kappa shape index (κ2) is 5.80. The van der Waals surface area contributed by atoms with Crippen LogP contribution >= 0.6 is 31.9 Å². The second-order valence-electron chi connectivity index (χ2n) is 6.22. The molecule has 0 aromatic rings. The first kappa shape index (κ1) is 16.5. The molecule has 1 N–H and O–H groups in total. The predicted octanol–water partition coefficient (Wildman–Crippen LogP) is 4.83. The summed E-state index contributed by atoms with van der Waals surface area (Å²) in [6.45, 7) is 14.3. The number of alkyl halides is 2. The lowest BCUT2D eigenvalue weighted by atomic mass is 9.64. The van der Waals surface area contributed by atoms with E-state index in [0.29, 0.717) is 15.6 Å². The highest BCUT2D eigenvalue weighted by Crippen LogP contribution is 2.50. The minimum atomic E-state index is -0.780. The van der Waals surface area contributed by atoms with E-state index in [0.717, 1.165) is 19.3 Å². The molecule has 1 aliphatic rings. The molecule has 0 aromatic heterocycles. The molecule has 4 atom stereocenters. The van der Waals surface area contributed by atoms with Crippen LogP contribution in [0.3, 0.4) is 0 Å². The molecule has 3 heteroatoms. The van der Waals surface area contributed by atoms with Crippen molar-refractivity contribution < 1.29 is 5.11 Å². The van der Waals surface area contributed by atoms with E-state index < -0.39 is 5.60 Å². The average Bonchev–Trinajstić information content (AvgIpc) is 2.26. The lowest BCUT2D eigenvalue weighted by Gasteiger charge is -2.47. The average molecular weight is 380 g/mol. The van der Waals surface area contributed by atoms with Gasteiger partial charge in [-0.05, 0) is 37.5 Å². The lowest BCUT2D eigenvalue weighted by Crippen LogP contribution is -2.43. The highest BCUT2D eigenvalue weighted by molar-refractivity contribution is 9.10. The molecule has 0 amide bonds. The molecule has 0 spiro atoms. The summed E-state index contributed by atoms with van der Waals surface area (Å²) in [6.07, 6.45) is 4.36. The Morgan fingerprint density at radius 2 is 2.06 bits per heavy atom. The van der Waals surface area contributed by atoms with Crippen molar-refractivity contribution in [2.75, 3.05) is 0 Å². The SMILES string of the molecule is C=C[C@@](C)(O)CC[C@@H]1C(=C)[C@@H](Br)C[C@H](Br)C1(C)C. The molecule has 104 valence electrons. The van der Waals surface area contributed by atoms with Crippen LogP contribution in [-0.4, -0.2) is 20.4 Å². The Labute approximate surface area is 128 Å². The molecule has 0 bridgehead atoms. The summed E-state index contributed by atoms with van der Waals surface area (Å²) in [7, 11) is 0. The van der Waals surface area contributed by atoms with Crippen LogP contribution in [0.2, 0.25) is 0 Å². The fourth-order valence-electron chi connectivity index (χ4n) is 2.65. The Morgan fingerprint density at radius 3 is 2.56 bits per heavy atom. The van der Waals surface area contributed by atoms with Crippen LogP contribution < -0.4 is 0 Å². The first-order valence-electron chi connectivity index (χ1n) is 6.44. The quantitative estimate of drug-likeness (QED) is 0.547. The van der Waals surface area contributed by atoms with E-state index in [2.05, 4.69) is 58.9 Å². The van der Waals surface area contributed by atoms with Crippen molar-refractivity contribution in [3.63, 3.8) is 0 Å². The van der Waals surface area contributed by atoms with Crippen molar-refractivity contribution in [2.45, 2.75) is 55.3 Å². The standard InChI is InChI=1S/C15H24Br2O/c1-6-15(5,18)8-7-11-10(2)12(16)9-13(17)14(11,3)4/h6,11-13,18H,1-2,7-9H2,3-5H3/t11-,12+,13+,15-/m1/s1. The van der Waals surface area contributed by atoms with Crippen LogP contribution in [0.4, 0.5) is 0 Å². The van der Waals surface area contributed by atoms with E-state index in [9.17, 15) is 5.11 Å². The highest BCUT2D eigenvalue weighted by Gasteiger charge is 2.44. The van der Waals surface area contributed by atoms with E-state index in [1.807, 2.05) is 6.92 Å². The van der Waals surface area contributed by atoms with E-state index >= 15 is 0 Å². The number of rotatable bonds is 4. The minimum absolute atomic E-state index is 0.165. The summed E-state index contributed by atoms with van der Waals surface area (Å²) < 4.78 is 0. The third-order valence-electron chi connectivity index (χ3n) is 4.35. The van der Waals surface area contributed by atoms with Crippen LogP contribution in [0.15, 0.2) is 24.8 Å². The Hall–Kier alpha value is 0.400. The third-order valence-corrected chi connectivity index (χ3v) is 6.86. The highest BCUT2D eigenvalue weighted by atomic mass is 79.9. The third kappa shape index (κ3) is 3.49. The lowest BCUT2D eigenvalue weighted by molar-refractivity contribution is 0.0818. The zero-order valence-electron chi connectivity index (χ0n) is 11.5. The summed E-state index contributed by atoms with van der Waals surface area (Å²) in [4.78, 5) is 0.840. The largest absolute Gasteiger partial charge is 0.386 e. The van der Waals surface area contributed by atoms with E-state index in [4.69, 9.17) is 0 Å². The van der Waals surface area contributed by atoms with Crippen LogP contribution in [0.25, 0.3) is 0 Å². The Bertz CT molecular complexity index is 333. The summed E-state index contributed by atoms with van der Waals surface area (Å²) >= 11 is 7.51. The van der Waals surface area contributed by atoms with Gasteiger partial charge in [-0.1, -0.05) is 63.9 Å². The van der Waals surface area contributed by atoms with Gasteiger partial charge in [0.05, 0.1) is 5.60 Å². The summed E-state index contributed by atoms with van der Waals surface area (Å²) in [5, 5.41) is 10.1. The number of hydrogen-bond donors (Lipinski definition) is 1.